The van der Waals surface area contributed by atoms with Crippen LogP contribution in [0.4, 0.5) is 4.39 Å². The van der Waals surface area contributed by atoms with Crippen molar-refractivity contribution in [1.29, 1.82) is 0 Å². The summed E-state index contributed by atoms with van der Waals surface area (Å²) in [6.45, 7) is -0.153. The van der Waals surface area contributed by atoms with Crippen molar-refractivity contribution in [2.45, 2.75) is 13.5 Å². The zero-order valence-electron chi connectivity index (χ0n) is 13.1. The number of hydrogen-bond donors (Lipinski definition) is 4. The number of nitrogens with one attached hydrogen (secondary N) is 2. The fourth-order valence-corrected chi connectivity index (χ4v) is 1.93. The van der Waals surface area contributed by atoms with Gasteiger partial charge in [0.1, 0.15) is 11.9 Å². The topological polar surface area (TPSA) is 104 Å². The molecule has 2 aromatic carbocycles. The van der Waals surface area contributed by atoms with Crippen LogP contribution in [0.2, 0.25) is 0 Å². The highest BCUT2D eigenvalue weighted by atomic mass is 19.1. The molecule has 2 amide bonds. The second-order valence-electron chi connectivity index (χ2n) is 5.07. The van der Waals surface area contributed by atoms with Gasteiger partial charge in [0.2, 0.25) is 0 Å². The van der Waals surface area contributed by atoms with E-state index in [2.05, 4.69) is 17.2 Å². The first-order valence-electron chi connectivity index (χ1n) is 7.36. The molecule has 5 N–H and O–H groups in total. The van der Waals surface area contributed by atoms with Crippen molar-refractivity contribution in [2.24, 2.45) is 5.73 Å². The molecule has 0 saturated heterocycles. The molecule has 0 aromatic heterocycles. The molecule has 2 aromatic rings. The van der Waals surface area contributed by atoms with E-state index in [-0.39, 0.29) is 19.8 Å². The van der Waals surface area contributed by atoms with Crippen molar-refractivity contribution in [2.75, 3.05) is 6.54 Å². The lowest BCUT2D eigenvalue weighted by Crippen LogP contribution is -2.50. The lowest BCUT2D eigenvalue weighted by Gasteiger charge is -2.14. The number of carbonyl (C=O) groups excluding carboxylic acids is 2. The van der Waals surface area contributed by atoms with Gasteiger partial charge in [-0.15, -0.1) is 0 Å². The first-order chi connectivity index (χ1) is 12.0. The van der Waals surface area contributed by atoms with Gasteiger partial charge in [-0.1, -0.05) is 19.3 Å². The number of benzene rings is 2. The SMILES string of the molecule is C.NC[C@H](NC(=O)c1ccc(C#Cc2ccc(F)cc2)cc1)C(=O)NO. The summed E-state index contributed by atoms with van der Waals surface area (Å²) in [5.74, 6) is 4.17. The fraction of sp³-hybridized carbons (Fsp3) is 0.158. The Morgan fingerprint density at radius 1 is 1.04 bits per heavy atom. The van der Waals surface area contributed by atoms with E-state index in [4.69, 9.17) is 10.9 Å². The van der Waals surface area contributed by atoms with E-state index in [1.807, 2.05) is 0 Å². The molecule has 26 heavy (non-hydrogen) atoms. The van der Waals surface area contributed by atoms with Crippen LogP contribution >= 0.6 is 0 Å². The molecule has 0 fully saturated rings. The maximum atomic E-state index is 12.8. The van der Waals surface area contributed by atoms with Gasteiger partial charge in [0.05, 0.1) is 0 Å². The summed E-state index contributed by atoms with van der Waals surface area (Å²) in [6.07, 6.45) is 0. The number of carbonyl (C=O) groups is 2. The molecule has 6 nitrogen and oxygen atoms in total. The summed E-state index contributed by atoms with van der Waals surface area (Å²) >= 11 is 0. The molecular formula is C19H20FN3O3. The van der Waals surface area contributed by atoms with Crippen LogP contribution in [0.25, 0.3) is 0 Å². The van der Waals surface area contributed by atoms with Crippen LogP contribution in [-0.2, 0) is 4.79 Å². The third kappa shape index (κ3) is 5.70. The Hall–Kier alpha value is -3.21. The normalized spacial score (nSPS) is 10.6. The largest absolute Gasteiger partial charge is 0.339 e. The Bertz CT molecular complexity index is 809. The second kappa shape index (κ2) is 9.93. The van der Waals surface area contributed by atoms with Gasteiger partial charge >= 0.3 is 0 Å². The second-order valence-corrected chi connectivity index (χ2v) is 5.07. The molecule has 2 rings (SSSR count). The third-order valence-electron chi connectivity index (χ3n) is 3.31. The molecular weight excluding hydrogens is 337 g/mol. The van der Waals surface area contributed by atoms with Gasteiger partial charge in [-0.05, 0) is 48.5 Å². The van der Waals surface area contributed by atoms with E-state index in [1.165, 1.54) is 17.6 Å². The van der Waals surface area contributed by atoms with Crippen molar-refractivity contribution >= 4 is 11.8 Å². The Morgan fingerprint density at radius 2 is 1.54 bits per heavy atom. The lowest BCUT2D eigenvalue weighted by atomic mass is 10.1. The van der Waals surface area contributed by atoms with Crippen molar-refractivity contribution in [3.63, 3.8) is 0 Å². The maximum Gasteiger partial charge on any atom is 0.267 e. The monoisotopic (exact) mass is 357 g/mol. The molecule has 7 heteroatoms. The predicted octanol–water partition coefficient (Wildman–Crippen LogP) is 1.42. The Morgan fingerprint density at radius 3 is 2.00 bits per heavy atom. The zero-order chi connectivity index (χ0) is 18.2. The predicted molar refractivity (Wildman–Crippen MR) is 95.8 cm³/mol. The summed E-state index contributed by atoms with van der Waals surface area (Å²) in [5, 5.41) is 11.0. The van der Waals surface area contributed by atoms with Gasteiger partial charge in [0.25, 0.3) is 11.8 Å². The van der Waals surface area contributed by atoms with Crippen molar-refractivity contribution < 1.29 is 19.2 Å². The summed E-state index contributed by atoms with van der Waals surface area (Å²) in [4.78, 5) is 23.4. The first-order valence-corrected chi connectivity index (χ1v) is 7.36. The quantitative estimate of drug-likeness (QED) is 0.377. The van der Waals surface area contributed by atoms with Crippen LogP contribution < -0.4 is 16.5 Å². The third-order valence-corrected chi connectivity index (χ3v) is 3.31. The Labute approximate surface area is 151 Å². The summed E-state index contributed by atoms with van der Waals surface area (Å²) in [5.41, 5.74) is 8.48. The molecule has 136 valence electrons. The fourth-order valence-electron chi connectivity index (χ4n) is 1.93. The lowest BCUT2D eigenvalue weighted by molar-refractivity contribution is -0.130. The minimum absolute atomic E-state index is 0. The first kappa shape index (κ1) is 20.8. The highest BCUT2D eigenvalue weighted by molar-refractivity contribution is 5.97. The zero-order valence-corrected chi connectivity index (χ0v) is 13.1. The molecule has 0 radical (unpaired) electrons. The molecule has 0 spiro atoms. The van der Waals surface area contributed by atoms with Crippen LogP contribution in [-0.4, -0.2) is 29.6 Å². The van der Waals surface area contributed by atoms with E-state index in [0.29, 0.717) is 16.7 Å². The van der Waals surface area contributed by atoms with Crippen LogP contribution in [0.5, 0.6) is 0 Å². The van der Waals surface area contributed by atoms with Gasteiger partial charge in [0.15, 0.2) is 0 Å². The number of hydroxylamine groups is 1. The highest BCUT2D eigenvalue weighted by Crippen LogP contribution is 2.05. The van der Waals surface area contributed by atoms with Gasteiger partial charge < -0.3 is 11.1 Å². The van der Waals surface area contributed by atoms with Crippen LogP contribution in [0.1, 0.15) is 28.9 Å². The molecule has 0 aliphatic carbocycles. The van der Waals surface area contributed by atoms with Crippen LogP contribution in [0.3, 0.4) is 0 Å². The molecule has 0 aliphatic rings. The molecule has 0 saturated carbocycles. The standard InChI is InChI=1S/C18H16FN3O3.CH4/c19-15-9-5-13(6-10-15)2-1-12-3-7-14(8-4-12)17(23)21-16(11-20)18(24)22-25;/h3-10,16,25H,11,20H2,(H,21,23)(H,22,24);1H4/t16-;/m0./s1. The summed E-state index contributed by atoms with van der Waals surface area (Å²) in [6, 6.07) is 11.2. The van der Waals surface area contributed by atoms with E-state index >= 15 is 0 Å². The maximum absolute atomic E-state index is 12.8. The minimum Gasteiger partial charge on any atom is -0.339 e. The van der Waals surface area contributed by atoms with E-state index in [1.54, 1.807) is 36.4 Å². The smallest absolute Gasteiger partial charge is 0.267 e. The van der Waals surface area contributed by atoms with Crippen molar-refractivity contribution in [1.82, 2.24) is 10.8 Å². The van der Waals surface area contributed by atoms with Gasteiger partial charge in [-0.25, -0.2) is 9.87 Å². The highest BCUT2D eigenvalue weighted by Gasteiger charge is 2.19. The molecule has 0 aliphatic heterocycles. The number of rotatable bonds is 4. The van der Waals surface area contributed by atoms with E-state index < -0.39 is 17.9 Å². The summed E-state index contributed by atoms with van der Waals surface area (Å²) < 4.78 is 12.8. The molecule has 0 unspecified atom stereocenters. The van der Waals surface area contributed by atoms with Gasteiger partial charge in [-0.3, -0.25) is 14.8 Å². The van der Waals surface area contributed by atoms with E-state index in [0.717, 1.165) is 0 Å². The Balaban J connectivity index is 0.00000338. The van der Waals surface area contributed by atoms with Crippen molar-refractivity contribution in [3.8, 4) is 11.8 Å². The average molecular weight is 357 g/mol. The van der Waals surface area contributed by atoms with Crippen molar-refractivity contribution in [3.05, 3.63) is 71.0 Å². The van der Waals surface area contributed by atoms with Gasteiger partial charge in [-0.2, -0.15) is 0 Å². The van der Waals surface area contributed by atoms with Crippen LogP contribution in [0.15, 0.2) is 48.5 Å². The molecule has 0 heterocycles. The Kier molecular flexibility index (Phi) is 7.96. The molecule has 1 atom stereocenters. The summed E-state index contributed by atoms with van der Waals surface area (Å²) in [7, 11) is 0. The minimum atomic E-state index is -1.03. The van der Waals surface area contributed by atoms with E-state index in [9.17, 15) is 14.0 Å². The molecule has 0 bridgehead atoms. The average Bonchev–Trinajstić information content (AvgIpc) is 2.65. The number of nitrogens with two attached hydrogens (primary N) is 1. The number of hydrogen-bond acceptors (Lipinski definition) is 4. The van der Waals surface area contributed by atoms with Crippen LogP contribution in [0, 0.1) is 17.7 Å². The van der Waals surface area contributed by atoms with Gasteiger partial charge in [0, 0.05) is 23.2 Å². The number of amides is 2. The number of halogens is 1.